The molecule has 2 heterocycles. The maximum absolute atomic E-state index is 12.0. The number of carbonyl (C=O) groups is 1. The Bertz CT molecular complexity index is 688. The molecule has 1 amide bonds. The molecule has 0 unspecified atom stereocenters. The third-order valence-electron chi connectivity index (χ3n) is 3.55. The minimum absolute atomic E-state index is 0.130. The van der Waals surface area contributed by atoms with Gasteiger partial charge in [0.1, 0.15) is 0 Å². The number of amides is 1. The van der Waals surface area contributed by atoms with Gasteiger partial charge >= 0.3 is 0 Å². The van der Waals surface area contributed by atoms with Crippen LogP contribution in [0.5, 0.6) is 0 Å². The molecule has 0 radical (unpaired) electrons. The van der Waals surface area contributed by atoms with Gasteiger partial charge in [-0.2, -0.15) is 5.10 Å². The Labute approximate surface area is 129 Å². The zero-order chi connectivity index (χ0) is 16.4. The van der Waals surface area contributed by atoms with E-state index in [2.05, 4.69) is 15.1 Å². The average Bonchev–Trinajstić information content (AvgIpc) is 2.73. The van der Waals surface area contributed by atoms with Crippen LogP contribution in [0.4, 0.5) is 0 Å². The van der Waals surface area contributed by atoms with Crippen LogP contribution in [0.1, 0.15) is 28.3 Å². The van der Waals surface area contributed by atoms with Crippen LogP contribution in [0.3, 0.4) is 0 Å². The van der Waals surface area contributed by atoms with Gasteiger partial charge in [0.2, 0.25) is 5.91 Å². The number of hydrogen-bond acceptors (Lipinski definition) is 5. The molecule has 0 aromatic carbocycles. The van der Waals surface area contributed by atoms with E-state index in [4.69, 9.17) is 4.84 Å². The highest BCUT2D eigenvalue weighted by molar-refractivity contribution is 5.78. The van der Waals surface area contributed by atoms with Crippen LogP contribution in [0.25, 0.3) is 5.95 Å². The maximum Gasteiger partial charge on any atom is 0.251 e. The molecular weight excluding hydrogens is 282 g/mol. The number of aromatic nitrogens is 4. The second kappa shape index (κ2) is 6.23. The SMILES string of the molecule is CON(C)C(=O)Cc1c(C)nn(-c2nc(C)cc(C)n2)c1C. The Hall–Kier alpha value is -2.28. The molecule has 0 atom stereocenters. The van der Waals surface area contributed by atoms with Gasteiger partial charge in [0, 0.05) is 29.7 Å². The summed E-state index contributed by atoms with van der Waals surface area (Å²) in [5, 5.41) is 5.69. The predicted octanol–water partition coefficient (Wildman–Crippen LogP) is 1.46. The van der Waals surface area contributed by atoms with Gasteiger partial charge < -0.3 is 0 Å². The van der Waals surface area contributed by atoms with Gasteiger partial charge in [-0.15, -0.1) is 0 Å². The van der Waals surface area contributed by atoms with Gasteiger partial charge in [-0.3, -0.25) is 9.63 Å². The largest absolute Gasteiger partial charge is 0.275 e. The van der Waals surface area contributed by atoms with E-state index in [1.165, 1.54) is 12.2 Å². The fourth-order valence-electron chi connectivity index (χ4n) is 2.29. The highest BCUT2D eigenvalue weighted by atomic mass is 16.7. The van der Waals surface area contributed by atoms with Crippen LogP contribution in [0.2, 0.25) is 0 Å². The van der Waals surface area contributed by atoms with Crippen LogP contribution in [-0.4, -0.2) is 44.9 Å². The lowest BCUT2D eigenvalue weighted by Gasteiger charge is -2.13. The Morgan fingerprint density at radius 3 is 2.36 bits per heavy atom. The standard InChI is InChI=1S/C15H21N5O2/c1-9-7-10(2)17-15(16-9)20-12(4)13(11(3)18-20)8-14(21)19(5)22-6/h7H,8H2,1-6H3. The molecule has 2 aromatic heterocycles. The summed E-state index contributed by atoms with van der Waals surface area (Å²) >= 11 is 0. The Morgan fingerprint density at radius 2 is 1.82 bits per heavy atom. The summed E-state index contributed by atoms with van der Waals surface area (Å²) in [4.78, 5) is 25.8. The minimum atomic E-state index is -0.130. The number of rotatable bonds is 4. The normalized spacial score (nSPS) is 10.8. The first-order valence-corrected chi connectivity index (χ1v) is 7.02. The van der Waals surface area contributed by atoms with Crippen molar-refractivity contribution in [3.63, 3.8) is 0 Å². The van der Waals surface area contributed by atoms with Crippen molar-refractivity contribution in [3.05, 3.63) is 34.4 Å². The van der Waals surface area contributed by atoms with Crippen molar-refractivity contribution < 1.29 is 9.63 Å². The van der Waals surface area contributed by atoms with Crippen molar-refractivity contribution in [1.82, 2.24) is 24.8 Å². The lowest BCUT2D eigenvalue weighted by molar-refractivity contribution is -0.167. The quantitative estimate of drug-likeness (QED) is 0.800. The van der Waals surface area contributed by atoms with E-state index >= 15 is 0 Å². The number of likely N-dealkylation sites (N-methyl/N-ethyl adjacent to an activating group) is 1. The summed E-state index contributed by atoms with van der Waals surface area (Å²) in [5.74, 6) is 0.395. The Morgan fingerprint density at radius 1 is 1.23 bits per heavy atom. The van der Waals surface area contributed by atoms with Gasteiger partial charge in [-0.25, -0.2) is 19.7 Å². The molecular formula is C15H21N5O2. The molecule has 0 fully saturated rings. The van der Waals surface area contributed by atoms with Crippen LogP contribution < -0.4 is 0 Å². The lowest BCUT2D eigenvalue weighted by atomic mass is 10.1. The molecule has 118 valence electrons. The molecule has 0 spiro atoms. The summed E-state index contributed by atoms with van der Waals surface area (Å²) in [6.45, 7) is 7.63. The zero-order valence-corrected chi connectivity index (χ0v) is 13.8. The molecule has 0 saturated carbocycles. The second-order valence-corrected chi connectivity index (χ2v) is 5.26. The van der Waals surface area contributed by atoms with Crippen molar-refractivity contribution in [3.8, 4) is 5.95 Å². The third-order valence-corrected chi connectivity index (χ3v) is 3.55. The summed E-state index contributed by atoms with van der Waals surface area (Å²) < 4.78 is 1.69. The van der Waals surface area contributed by atoms with Gasteiger partial charge in [0.25, 0.3) is 5.95 Å². The highest BCUT2D eigenvalue weighted by Gasteiger charge is 2.19. The molecule has 7 heteroatoms. The topological polar surface area (TPSA) is 73.1 Å². The van der Waals surface area contributed by atoms with Gasteiger partial charge in [0.15, 0.2) is 0 Å². The number of nitrogens with zero attached hydrogens (tertiary/aromatic N) is 5. The van der Waals surface area contributed by atoms with Crippen molar-refractivity contribution in [2.24, 2.45) is 0 Å². The van der Waals surface area contributed by atoms with Crippen molar-refractivity contribution in [2.75, 3.05) is 14.2 Å². The molecule has 0 N–H and O–H groups in total. The molecule has 22 heavy (non-hydrogen) atoms. The third kappa shape index (κ3) is 3.14. The summed E-state index contributed by atoms with van der Waals surface area (Å²) in [5.41, 5.74) is 4.29. The monoisotopic (exact) mass is 303 g/mol. The molecule has 0 aliphatic carbocycles. The van der Waals surface area contributed by atoms with E-state index in [1.807, 2.05) is 33.8 Å². The summed E-state index contributed by atoms with van der Waals surface area (Å²) in [6, 6.07) is 1.91. The molecule has 2 aromatic rings. The molecule has 0 bridgehead atoms. The molecule has 0 saturated heterocycles. The maximum atomic E-state index is 12.0. The molecule has 0 aliphatic heterocycles. The van der Waals surface area contributed by atoms with E-state index in [0.29, 0.717) is 5.95 Å². The van der Waals surface area contributed by atoms with E-state index in [-0.39, 0.29) is 12.3 Å². The number of aryl methyl sites for hydroxylation is 3. The van der Waals surface area contributed by atoms with Crippen LogP contribution >= 0.6 is 0 Å². The molecule has 0 aliphatic rings. The molecule has 7 nitrogen and oxygen atoms in total. The first kappa shape index (κ1) is 16.1. The number of hydroxylamine groups is 2. The lowest BCUT2D eigenvalue weighted by Crippen LogP contribution is -2.27. The minimum Gasteiger partial charge on any atom is -0.275 e. The van der Waals surface area contributed by atoms with Crippen molar-refractivity contribution in [1.29, 1.82) is 0 Å². The Kier molecular flexibility index (Phi) is 4.56. The Balaban J connectivity index is 2.40. The fraction of sp³-hybridized carbons (Fsp3) is 0.467. The van der Waals surface area contributed by atoms with Crippen molar-refractivity contribution in [2.45, 2.75) is 34.1 Å². The predicted molar refractivity (Wildman–Crippen MR) is 81.6 cm³/mol. The van der Waals surface area contributed by atoms with E-state index in [1.54, 1.807) is 11.7 Å². The first-order chi connectivity index (χ1) is 10.3. The van der Waals surface area contributed by atoms with Gasteiger partial charge in [-0.05, 0) is 33.8 Å². The summed E-state index contributed by atoms with van der Waals surface area (Å²) in [7, 11) is 3.05. The smallest absolute Gasteiger partial charge is 0.251 e. The second-order valence-electron chi connectivity index (χ2n) is 5.26. The fourth-order valence-corrected chi connectivity index (χ4v) is 2.29. The molecule has 2 rings (SSSR count). The van der Waals surface area contributed by atoms with E-state index in [0.717, 1.165) is 28.3 Å². The van der Waals surface area contributed by atoms with Crippen LogP contribution in [0.15, 0.2) is 6.07 Å². The first-order valence-electron chi connectivity index (χ1n) is 7.02. The van der Waals surface area contributed by atoms with Crippen LogP contribution in [-0.2, 0) is 16.1 Å². The van der Waals surface area contributed by atoms with Crippen molar-refractivity contribution >= 4 is 5.91 Å². The average molecular weight is 303 g/mol. The van der Waals surface area contributed by atoms with Gasteiger partial charge in [-0.1, -0.05) is 0 Å². The highest BCUT2D eigenvalue weighted by Crippen LogP contribution is 2.17. The number of hydrogen-bond donors (Lipinski definition) is 0. The van der Waals surface area contributed by atoms with Gasteiger partial charge in [0.05, 0.1) is 19.2 Å². The summed E-state index contributed by atoms with van der Waals surface area (Å²) in [6.07, 6.45) is 0.229. The number of carbonyl (C=O) groups excluding carboxylic acids is 1. The van der Waals surface area contributed by atoms with E-state index < -0.39 is 0 Å². The van der Waals surface area contributed by atoms with E-state index in [9.17, 15) is 4.79 Å². The van der Waals surface area contributed by atoms with Crippen LogP contribution in [0, 0.1) is 27.7 Å². The zero-order valence-electron chi connectivity index (χ0n) is 13.8.